The number of hydrogen-bond donors (Lipinski definition) is 1. The molecule has 1 aromatic heterocycles. The predicted molar refractivity (Wildman–Crippen MR) is 95.2 cm³/mol. The van der Waals surface area contributed by atoms with Gasteiger partial charge in [0.2, 0.25) is 5.91 Å². The molecule has 7 heteroatoms. The SMILES string of the molecule is Cc1cc(C(=O)N2CCN(CC(=O)N3C[C@@H](C)C[C@H](C)C3)CC2)n[nH]1. The van der Waals surface area contributed by atoms with E-state index in [9.17, 15) is 9.59 Å². The lowest BCUT2D eigenvalue weighted by molar-refractivity contribution is -0.135. The number of amides is 2. The van der Waals surface area contributed by atoms with Gasteiger partial charge in [0, 0.05) is 45.0 Å². The van der Waals surface area contributed by atoms with E-state index in [1.165, 1.54) is 6.42 Å². The fourth-order valence-corrected chi connectivity index (χ4v) is 3.96. The number of piperazine rings is 1. The molecule has 1 aromatic rings. The first-order valence-corrected chi connectivity index (χ1v) is 9.23. The number of nitrogens with zero attached hydrogens (tertiary/aromatic N) is 4. The van der Waals surface area contributed by atoms with Crippen molar-refractivity contribution < 1.29 is 9.59 Å². The van der Waals surface area contributed by atoms with Crippen LogP contribution in [0.15, 0.2) is 6.07 Å². The summed E-state index contributed by atoms with van der Waals surface area (Å²) in [6, 6.07) is 1.77. The Morgan fingerprint density at radius 1 is 1.12 bits per heavy atom. The summed E-state index contributed by atoms with van der Waals surface area (Å²) in [5.74, 6) is 1.36. The summed E-state index contributed by atoms with van der Waals surface area (Å²) in [7, 11) is 0. The van der Waals surface area contributed by atoms with Gasteiger partial charge in [-0.15, -0.1) is 0 Å². The second-order valence-electron chi connectivity index (χ2n) is 7.75. The van der Waals surface area contributed by atoms with Crippen molar-refractivity contribution in [2.45, 2.75) is 27.2 Å². The highest BCUT2D eigenvalue weighted by Gasteiger charge is 2.28. The van der Waals surface area contributed by atoms with Crippen LogP contribution in [-0.4, -0.2) is 82.5 Å². The molecule has 2 fully saturated rings. The number of likely N-dealkylation sites (tertiary alicyclic amines) is 1. The lowest BCUT2D eigenvalue weighted by Crippen LogP contribution is -2.53. The Balaban J connectivity index is 1.47. The van der Waals surface area contributed by atoms with E-state index in [1.807, 2.05) is 16.7 Å². The zero-order chi connectivity index (χ0) is 18.0. The molecule has 0 spiro atoms. The van der Waals surface area contributed by atoms with Crippen LogP contribution in [0.5, 0.6) is 0 Å². The van der Waals surface area contributed by atoms with Crippen molar-refractivity contribution in [1.29, 1.82) is 0 Å². The minimum Gasteiger partial charge on any atom is -0.341 e. The molecule has 0 radical (unpaired) electrons. The van der Waals surface area contributed by atoms with E-state index in [2.05, 4.69) is 28.9 Å². The first-order valence-electron chi connectivity index (χ1n) is 9.23. The van der Waals surface area contributed by atoms with Crippen LogP contribution in [0.3, 0.4) is 0 Å². The summed E-state index contributed by atoms with van der Waals surface area (Å²) in [4.78, 5) is 31.0. The third-order valence-corrected chi connectivity index (χ3v) is 5.16. The maximum absolute atomic E-state index is 12.6. The minimum absolute atomic E-state index is 0.0333. The second-order valence-corrected chi connectivity index (χ2v) is 7.75. The van der Waals surface area contributed by atoms with Gasteiger partial charge in [-0.25, -0.2) is 0 Å². The molecule has 2 aliphatic heterocycles. The summed E-state index contributed by atoms with van der Waals surface area (Å²) >= 11 is 0. The van der Waals surface area contributed by atoms with E-state index in [1.54, 1.807) is 6.07 Å². The van der Waals surface area contributed by atoms with E-state index >= 15 is 0 Å². The summed E-state index contributed by atoms with van der Waals surface area (Å²) in [6.45, 7) is 11.3. The molecule has 2 atom stereocenters. The number of nitrogens with one attached hydrogen (secondary N) is 1. The number of H-pyrrole nitrogens is 1. The van der Waals surface area contributed by atoms with Crippen LogP contribution in [0.25, 0.3) is 0 Å². The molecular weight excluding hydrogens is 318 g/mol. The van der Waals surface area contributed by atoms with Crippen molar-refractivity contribution in [2.24, 2.45) is 11.8 Å². The van der Waals surface area contributed by atoms with Crippen molar-refractivity contribution >= 4 is 11.8 Å². The minimum atomic E-state index is -0.0333. The van der Waals surface area contributed by atoms with Crippen molar-refractivity contribution in [1.82, 2.24) is 24.9 Å². The Kier molecular flexibility index (Phi) is 5.42. The van der Waals surface area contributed by atoms with Gasteiger partial charge in [0.05, 0.1) is 6.54 Å². The molecule has 1 N–H and O–H groups in total. The van der Waals surface area contributed by atoms with Gasteiger partial charge in [-0.05, 0) is 31.2 Å². The standard InChI is InChI=1S/C18H29N5O2/c1-13-8-14(2)11-23(10-13)17(24)12-21-4-6-22(7-5-21)18(25)16-9-15(3)19-20-16/h9,13-14H,4-8,10-12H2,1-3H3,(H,19,20)/t13-,14-/m0/s1. The highest BCUT2D eigenvalue weighted by Crippen LogP contribution is 2.21. The van der Waals surface area contributed by atoms with Crippen molar-refractivity contribution in [2.75, 3.05) is 45.8 Å². The highest BCUT2D eigenvalue weighted by molar-refractivity contribution is 5.92. The predicted octanol–water partition coefficient (Wildman–Crippen LogP) is 0.980. The number of hydrogen-bond acceptors (Lipinski definition) is 4. The van der Waals surface area contributed by atoms with Crippen molar-refractivity contribution in [3.63, 3.8) is 0 Å². The average Bonchev–Trinajstić information content (AvgIpc) is 3.00. The van der Waals surface area contributed by atoms with Gasteiger partial charge in [0.15, 0.2) is 0 Å². The van der Waals surface area contributed by atoms with E-state index in [0.29, 0.717) is 37.2 Å². The van der Waals surface area contributed by atoms with Crippen LogP contribution in [0.4, 0.5) is 0 Å². The first kappa shape index (κ1) is 17.9. The number of rotatable bonds is 3. The van der Waals surface area contributed by atoms with Gasteiger partial charge >= 0.3 is 0 Å². The van der Waals surface area contributed by atoms with Crippen LogP contribution in [0.2, 0.25) is 0 Å². The normalized spacial score (nSPS) is 25.2. The third kappa shape index (κ3) is 4.39. The van der Waals surface area contributed by atoms with E-state index < -0.39 is 0 Å². The lowest BCUT2D eigenvalue weighted by Gasteiger charge is -2.38. The molecule has 3 heterocycles. The zero-order valence-electron chi connectivity index (χ0n) is 15.5. The summed E-state index contributed by atoms with van der Waals surface area (Å²) in [6.07, 6.45) is 1.21. The van der Waals surface area contributed by atoms with Gasteiger partial charge in [-0.2, -0.15) is 5.10 Å². The van der Waals surface area contributed by atoms with Gasteiger partial charge < -0.3 is 9.80 Å². The monoisotopic (exact) mass is 347 g/mol. The van der Waals surface area contributed by atoms with Crippen LogP contribution >= 0.6 is 0 Å². The van der Waals surface area contributed by atoms with E-state index in [4.69, 9.17) is 0 Å². The molecule has 0 unspecified atom stereocenters. The Labute approximate surface area is 149 Å². The van der Waals surface area contributed by atoms with Gasteiger partial charge in [0.25, 0.3) is 5.91 Å². The molecular formula is C18H29N5O2. The third-order valence-electron chi connectivity index (χ3n) is 5.16. The summed E-state index contributed by atoms with van der Waals surface area (Å²) in [5, 5.41) is 6.85. The smallest absolute Gasteiger partial charge is 0.274 e. The Morgan fingerprint density at radius 2 is 1.76 bits per heavy atom. The molecule has 0 saturated carbocycles. The van der Waals surface area contributed by atoms with Gasteiger partial charge in [0.1, 0.15) is 5.69 Å². The maximum atomic E-state index is 12.6. The maximum Gasteiger partial charge on any atom is 0.274 e. The van der Waals surface area contributed by atoms with Gasteiger partial charge in [-0.3, -0.25) is 19.6 Å². The molecule has 138 valence electrons. The molecule has 2 aliphatic rings. The first-order chi connectivity index (χ1) is 11.9. The quantitative estimate of drug-likeness (QED) is 0.885. The van der Waals surface area contributed by atoms with Crippen LogP contribution in [0, 0.1) is 18.8 Å². The lowest BCUT2D eigenvalue weighted by atomic mass is 9.92. The molecule has 3 rings (SSSR count). The average molecular weight is 347 g/mol. The number of piperidine rings is 1. The number of aromatic nitrogens is 2. The molecule has 0 bridgehead atoms. The molecule has 0 aromatic carbocycles. The fraction of sp³-hybridized carbons (Fsp3) is 0.722. The Morgan fingerprint density at radius 3 is 2.32 bits per heavy atom. The number of aryl methyl sites for hydroxylation is 1. The van der Waals surface area contributed by atoms with Crippen LogP contribution in [-0.2, 0) is 4.79 Å². The molecule has 2 amide bonds. The summed E-state index contributed by atoms with van der Waals surface area (Å²) < 4.78 is 0. The fourth-order valence-electron chi connectivity index (χ4n) is 3.96. The van der Waals surface area contributed by atoms with Crippen LogP contribution < -0.4 is 0 Å². The summed E-state index contributed by atoms with van der Waals surface area (Å²) in [5.41, 5.74) is 1.36. The largest absolute Gasteiger partial charge is 0.341 e. The van der Waals surface area contributed by atoms with E-state index in [0.717, 1.165) is 31.9 Å². The highest BCUT2D eigenvalue weighted by atomic mass is 16.2. The van der Waals surface area contributed by atoms with Crippen LogP contribution in [0.1, 0.15) is 36.5 Å². The Hall–Kier alpha value is -1.89. The molecule has 0 aliphatic carbocycles. The molecule has 25 heavy (non-hydrogen) atoms. The van der Waals surface area contributed by atoms with Gasteiger partial charge in [-0.1, -0.05) is 13.8 Å². The van der Waals surface area contributed by atoms with Crippen molar-refractivity contribution in [3.05, 3.63) is 17.5 Å². The Bertz CT molecular complexity index is 611. The second kappa shape index (κ2) is 7.56. The van der Waals surface area contributed by atoms with E-state index in [-0.39, 0.29) is 11.8 Å². The number of carbonyl (C=O) groups is 2. The number of carbonyl (C=O) groups excluding carboxylic acids is 2. The topological polar surface area (TPSA) is 72.5 Å². The molecule has 2 saturated heterocycles. The zero-order valence-corrected chi connectivity index (χ0v) is 15.5. The van der Waals surface area contributed by atoms with Crippen molar-refractivity contribution in [3.8, 4) is 0 Å². The number of aromatic amines is 1. The molecule has 7 nitrogen and oxygen atoms in total.